The molecule has 2 rings (SSSR count). The second kappa shape index (κ2) is 6.03. The maximum atomic E-state index is 5.58. The first-order valence-electron chi connectivity index (χ1n) is 3.68. The van der Waals surface area contributed by atoms with E-state index >= 15 is 0 Å². The van der Waals surface area contributed by atoms with Crippen molar-refractivity contribution in [3.63, 3.8) is 0 Å². The van der Waals surface area contributed by atoms with Crippen LogP contribution in [0.2, 0.25) is 10.0 Å². The molecule has 0 spiro atoms. The minimum atomic E-state index is 0.606. The van der Waals surface area contributed by atoms with E-state index in [1.165, 1.54) is 0 Å². The van der Waals surface area contributed by atoms with Crippen molar-refractivity contribution >= 4 is 34.5 Å². The maximum absolute atomic E-state index is 5.58. The zero-order valence-electron chi connectivity index (χ0n) is 6.78. The molecule has 0 aliphatic rings. The van der Waals surface area contributed by atoms with Crippen LogP contribution in [0.1, 0.15) is 0 Å². The van der Waals surface area contributed by atoms with Crippen molar-refractivity contribution in [1.82, 2.24) is 0 Å². The van der Waals surface area contributed by atoms with Crippen molar-refractivity contribution in [2.45, 2.75) is 0 Å². The fourth-order valence-electron chi connectivity index (χ4n) is 0.666. The third-order valence-corrected chi connectivity index (χ3v) is 2.63. The van der Waals surface area contributed by atoms with Gasteiger partial charge in [-0.15, -0.1) is 0 Å². The van der Waals surface area contributed by atoms with E-state index in [4.69, 9.17) is 23.2 Å². The highest BCUT2D eigenvalue weighted by Gasteiger charge is 1.89. The molecule has 13 heavy (non-hydrogen) atoms. The normalized spacial score (nSPS) is 8.77. The van der Waals surface area contributed by atoms with Crippen LogP contribution in [0, 0.1) is 0 Å². The summed E-state index contributed by atoms with van der Waals surface area (Å²) in [6.07, 6.45) is 0. The van der Waals surface area contributed by atoms with E-state index in [0.717, 1.165) is 0 Å². The fourth-order valence-corrected chi connectivity index (χ4v) is 1.39. The molecule has 2 aromatic rings. The van der Waals surface area contributed by atoms with Gasteiger partial charge in [0.05, 0.1) is 10.0 Å². The molecule has 0 atom stereocenters. The van der Waals surface area contributed by atoms with Crippen LogP contribution < -0.4 is 0 Å². The molecule has 3 heteroatoms. The summed E-state index contributed by atoms with van der Waals surface area (Å²) in [5.41, 5.74) is 0. The number of hydrogen-bond donors (Lipinski definition) is 0. The van der Waals surface area contributed by atoms with Crippen LogP contribution in [0.15, 0.2) is 47.2 Å². The van der Waals surface area contributed by atoms with Gasteiger partial charge in [-0.25, -0.2) is 0 Å². The van der Waals surface area contributed by atoms with E-state index in [0.29, 0.717) is 10.0 Å². The van der Waals surface area contributed by atoms with Crippen LogP contribution in [-0.4, -0.2) is 0 Å². The summed E-state index contributed by atoms with van der Waals surface area (Å²) in [5, 5.41) is 5.29. The molecule has 0 aliphatic carbocycles. The molecule has 0 saturated heterocycles. The Kier molecular flexibility index (Phi) is 4.91. The zero-order chi connectivity index (χ0) is 9.52. The fraction of sp³-hybridized carbons (Fsp3) is 0. The lowest BCUT2D eigenvalue weighted by atomic mass is 10.4. The van der Waals surface area contributed by atoms with Gasteiger partial charge in [-0.2, -0.15) is 11.3 Å². The van der Waals surface area contributed by atoms with Gasteiger partial charge in [0, 0.05) is 0 Å². The summed E-state index contributed by atoms with van der Waals surface area (Å²) in [5.74, 6) is 0. The highest BCUT2D eigenvalue weighted by Crippen LogP contribution is 2.19. The molecule has 0 aliphatic heterocycles. The van der Waals surface area contributed by atoms with E-state index in [1.54, 1.807) is 23.5 Å². The van der Waals surface area contributed by atoms with Crippen LogP contribution in [-0.2, 0) is 0 Å². The van der Waals surface area contributed by atoms with Crippen molar-refractivity contribution in [2.24, 2.45) is 0 Å². The molecular weight excluding hydrogens is 223 g/mol. The molecule has 1 heterocycles. The van der Waals surface area contributed by atoms with Crippen LogP contribution in [0.4, 0.5) is 0 Å². The summed E-state index contributed by atoms with van der Waals surface area (Å²) >= 11 is 12.9. The second-order valence-corrected chi connectivity index (χ2v) is 3.84. The van der Waals surface area contributed by atoms with Crippen LogP contribution in [0.3, 0.4) is 0 Å². The molecule has 0 fully saturated rings. The van der Waals surface area contributed by atoms with E-state index in [2.05, 4.69) is 0 Å². The Bertz CT molecular complexity index is 292. The number of benzene rings is 1. The molecule has 0 amide bonds. The molecule has 0 bridgehead atoms. The molecule has 0 nitrogen and oxygen atoms in total. The first-order chi connectivity index (χ1) is 6.30. The monoisotopic (exact) mass is 230 g/mol. The minimum Gasteiger partial charge on any atom is -0.152 e. The lowest BCUT2D eigenvalue weighted by Gasteiger charge is -1.88. The highest BCUT2D eigenvalue weighted by atomic mass is 35.5. The number of halogens is 2. The van der Waals surface area contributed by atoms with Crippen LogP contribution >= 0.6 is 34.5 Å². The Morgan fingerprint density at radius 2 is 1.23 bits per heavy atom. The van der Waals surface area contributed by atoms with Crippen molar-refractivity contribution in [3.05, 3.63) is 57.2 Å². The summed E-state index contributed by atoms with van der Waals surface area (Å²) in [6, 6.07) is 11.2. The topological polar surface area (TPSA) is 0 Å². The standard InChI is InChI=1S/C6H4Cl2.C4H4S/c7-5-3-1-2-4-6(5)8;1-2-4-5-3-1/h1-4H;1-4H. The molecule has 0 N–H and O–H groups in total. The van der Waals surface area contributed by atoms with E-state index < -0.39 is 0 Å². The summed E-state index contributed by atoms with van der Waals surface area (Å²) in [7, 11) is 0. The van der Waals surface area contributed by atoms with Gasteiger partial charge in [0.1, 0.15) is 0 Å². The number of hydrogen-bond acceptors (Lipinski definition) is 1. The summed E-state index contributed by atoms with van der Waals surface area (Å²) in [4.78, 5) is 0. The van der Waals surface area contributed by atoms with E-state index in [1.807, 2.05) is 35.0 Å². The molecule has 68 valence electrons. The lowest BCUT2D eigenvalue weighted by Crippen LogP contribution is -1.62. The first-order valence-corrected chi connectivity index (χ1v) is 5.38. The second-order valence-electron chi connectivity index (χ2n) is 2.21. The molecular formula is C10H8Cl2S. The van der Waals surface area contributed by atoms with Gasteiger partial charge < -0.3 is 0 Å². The number of rotatable bonds is 0. The SMILES string of the molecule is Clc1ccccc1Cl.c1ccsc1. The molecule has 1 aromatic heterocycles. The predicted molar refractivity (Wildman–Crippen MR) is 60.8 cm³/mol. The Hall–Kier alpha value is -0.500. The van der Waals surface area contributed by atoms with Gasteiger partial charge in [-0.05, 0) is 22.9 Å². The van der Waals surface area contributed by atoms with Gasteiger partial charge in [-0.1, -0.05) is 47.5 Å². The van der Waals surface area contributed by atoms with Crippen molar-refractivity contribution < 1.29 is 0 Å². The third-order valence-electron chi connectivity index (χ3n) is 1.25. The Labute approximate surface area is 91.7 Å². The van der Waals surface area contributed by atoms with Gasteiger partial charge in [-0.3, -0.25) is 0 Å². The van der Waals surface area contributed by atoms with Crippen molar-refractivity contribution in [3.8, 4) is 0 Å². The van der Waals surface area contributed by atoms with Crippen LogP contribution in [0.5, 0.6) is 0 Å². The quantitative estimate of drug-likeness (QED) is 0.614. The zero-order valence-corrected chi connectivity index (χ0v) is 9.11. The molecule has 0 radical (unpaired) electrons. The van der Waals surface area contributed by atoms with Gasteiger partial charge in [0.25, 0.3) is 0 Å². The molecule has 1 aromatic carbocycles. The average molecular weight is 231 g/mol. The van der Waals surface area contributed by atoms with E-state index in [-0.39, 0.29) is 0 Å². The largest absolute Gasteiger partial charge is 0.152 e. The van der Waals surface area contributed by atoms with Crippen molar-refractivity contribution in [1.29, 1.82) is 0 Å². The Morgan fingerprint density at radius 1 is 0.769 bits per heavy atom. The average Bonchev–Trinajstić information content (AvgIpc) is 2.68. The highest BCUT2D eigenvalue weighted by molar-refractivity contribution is 7.07. The predicted octanol–water partition coefficient (Wildman–Crippen LogP) is 4.74. The van der Waals surface area contributed by atoms with Gasteiger partial charge >= 0.3 is 0 Å². The summed E-state index contributed by atoms with van der Waals surface area (Å²) in [6.45, 7) is 0. The Morgan fingerprint density at radius 3 is 1.46 bits per heavy atom. The lowest BCUT2D eigenvalue weighted by molar-refractivity contribution is 1.71. The van der Waals surface area contributed by atoms with E-state index in [9.17, 15) is 0 Å². The van der Waals surface area contributed by atoms with Gasteiger partial charge in [0.15, 0.2) is 0 Å². The minimum absolute atomic E-state index is 0.606. The first kappa shape index (κ1) is 10.6. The van der Waals surface area contributed by atoms with Gasteiger partial charge in [0.2, 0.25) is 0 Å². The third kappa shape index (κ3) is 4.32. The van der Waals surface area contributed by atoms with Crippen LogP contribution in [0.25, 0.3) is 0 Å². The number of thiophene rings is 1. The molecule has 0 saturated carbocycles. The smallest absolute Gasteiger partial charge is 0.0592 e. The van der Waals surface area contributed by atoms with Crippen molar-refractivity contribution in [2.75, 3.05) is 0 Å². The summed E-state index contributed by atoms with van der Waals surface area (Å²) < 4.78 is 0. The molecule has 0 unspecified atom stereocenters. The Balaban J connectivity index is 0.000000145. The maximum Gasteiger partial charge on any atom is 0.0592 e.